The number of nitrogens with zero attached hydrogens (tertiary/aromatic N) is 3. The van der Waals surface area contributed by atoms with Gasteiger partial charge >= 0.3 is 0 Å². The molecule has 0 fully saturated rings. The van der Waals surface area contributed by atoms with E-state index in [1.807, 2.05) is 96.4 Å². The molecule has 4 rings (SSSR count). The lowest BCUT2D eigenvalue weighted by Gasteiger charge is -2.14. The third kappa shape index (κ3) is 3.55. The largest absolute Gasteiger partial charge is 0.318 e. The third-order valence-corrected chi connectivity index (χ3v) is 4.65. The Morgan fingerprint density at radius 3 is 2.11 bits per heavy atom. The van der Waals surface area contributed by atoms with E-state index in [1.54, 1.807) is 6.33 Å². The predicted octanol–water partition coefficient (Wildman–Crippen LogP) is 4.17. The number of imidazole rings is 1. The van der Waals surface area contributed by atoms with E-state index in [2.05, 4.69) is 15.5 Å². The second-order valence-electron chi connectivity index (χ2n) is 6.49. The van der Waals surface area contributed by atoms with E-state index in [1.165, 1.54) is 0 Å². The normalized spacial score (nSPS) is 11.8. The summed E-state index contributed by atoms with van der Waals surface area (Å²) < 4.78 is 1.85. The van der Waals surface area contributed by atoms with Crippen molar-refractivity contribution in [2.45, 2.75) is 13.0 Å². The molecule has 4 aromatic rings. The lowest BCUT2D eigenvalue weighted by Crippen LogP contribution is -2.28. The van der Waals surface area contributed by atoms with Crippen molar-refractivity contribution in [1.29, 1.82) is 0 Å². The number of hydrogen-bond donors (Lipinski definition) is 1. The summed E-state index contributed by atoms with van der Waals surface area (Å²) in [6.45, 7) is 1.84. The van der Waals surface area contributed by atoms with Crippen LogP contribution in [0.25, 0.3) is 11.0 Å². The molecule has 1 atom stereocenters. The average molecular weight is 368 g/mol. The first-order valence-electron chi connectivity index (χ1n) is 9.14. The molecule has 0 aliphatic heterocycles. The van der Waals surface area contributed by atoms with E-state index in [9.17, 15) is 4.79 Å². The van der Waals surface area contributed by atoms with Crippen LogP contribution in [0.2, 0.25) is 0 Å². The van der Waals surface area contributed by atoms with Crippen LogP contribution in [-0.2, 0) is 4.79 Å². The quantitative estimate of drug-likeness (QED) is 0.425. The number of aromatic nitrogens is 2. The minimum atomic E-state index is -0.441. The second-order valence-corrected chi connectivity index (χ2v) is 6.49. The Labute approximate surface area is 163 Å². The van der Waals surface area contributed by atoms with Gasteiger partial charge in [0.15, 0.2) is 0 Å². The van der Waals surface area contributed by atoms with Crippen LogP contribution in [0.15, 0.2) is 96.4 Å². The topological polar surface area (TPSA) is 59.3 Å². The van der Waals surface area contributed by atoms with Crippen molar-refractivity contribution in [1.82, 2.24) is 15.0 Å². The zero-order chi connectivity index (χ0) is 19.3. The van der Waals surface area contributed by atoms with E-state index in [4.69, 9.17) is 0 Å². The Kier molecular flexibility index (Phi) is 4.97. The van der Waals surface area contributed by atoms with Crippen LogP contribution in [0.1, 0.15) is 24.1 Å². The van der Waals surface area contributed by atoms with E-state index in [0.717, 1.165) is 27.9 Å². The fourth-order valence-corrected chi connectivity index (χ4v) is 3.11. The van der Waals surface area contributed by atoms with Crippen LogP contribution < -0.4 is 5.43 Å². The summed E-state index contributed by atoms with van der Waals surface area (Å²) in [5, 5.41) is 4.46. The first kappa shape index (κ1) is 17.7. The molecule has 0 aliphatic rings. The van der Waals surface area contributed by atoms with Gasteiger partial charge in [0.25, 0.3) is 5.91 Å². The Morgan fingerprint density at radius 2 is 1.46 bits per heavy atom. The standard InChI is InChI=1S/C23H20N4O/c1-17(27-16-24-20-14-8-9-15-21(20)27)23(28)26-25-22(18-10-4-2-5-11-18)19-12-6-3-7-13-19/h2-17H,1H3,(H,26,28)/t17-/m1/s1. The van der Waals surface area contributed by atoms with Crippen LogP contribution in [0.3, 0.4) is 0 Å². The molecular formula is C23H20N4O. The van der Waals surface area contributed by atoms with Gasteiger partial charge in [0, 0.05) is 11.1 Å². The zero-order valence-corrected chi connectivity index (χ0v) is 15.5. The van der Waals surface area contributed by atoms with Crippen LogP contribution in [0.5, 0.6) is 0 Å². The maximum atomic E-state index is 12.8. The van der Waals surface area contributed by atoms with Gasteiger partial charge in [-0.25, -0.2) is 10.4 Å². The number of para-hydroxylation sites is 2. The highest BCUT2D eigenvalue weighted by molar-refractivity contribution is 6.13. The van der Waals surface area contributed by atoms with Crippen molar-refractivity contribution >= 4 is 22.7 Å². The van der Waals surface area contributed by atoms with E-state index >= 15 is 0 Å². The zero-order valence-electron chi connectivity index (χ0n) is 15.5. The molecule has 0 unspecified atom stereocenters. The molecule has 0 saturated carbocycles. The highest BCUT2D eigenvalue weighted by Crippen LogP contribution is 2.17. The molecule has 5 heteroatoms. The number of nitrogens with one attached hydrogen (secondary N) is 1. The molecule has 138 valence electrons. The van der Waals surface area contributed by atoms with Gasteiger partial charge < -0.3 is 4.57 Å². The van der Waals surface area contributed by atoms with Gasteiger partial charge in [-0.3, -0.25) is 4.79 Å². The summed E-state index contributed by atoms with van der Waals surface area (Å²) in [5.41, 5.74) is 7.11. The maximum Gasteiger partial charge on any atom is 0.262 e. The molecule has 0 aliphatic carbocycles. The molecule has 1 aromatic heterocycles. The summed E-state index contributed by atoms with van der Waals surface area (Å²) in [4.78, 5) is 17.1. The predicted molar refractivity (Wildman–Crippen MR) is 111 cm³/mol. The van der Waals surface area contributed by atoms with E-state index < -0.39 is 6.04 Å². The molecule has 1 heterocycles. The van der Waals surface area contributed by atoms with Crippen molar-refractivity contribution in [2.75, 3.05) is 0 Å². The lowest BCUT2D eigenvalue weighted by molar-refractivity contribution is -0.123. The Bertz CT molecular complexity index is 1080. The van der Waals surface area contributed by atoms with Crippen LogP contribution in [-0.4, -0.2) is 21.2 Å². The molecule has 0 spiro atoms. The number of amides is 1. The molecule has 3 aromatic carbocycles. The molecule has 1 amide bonds. The molecule has 1 N–H and O–H groups in total. The van der Waals surface area contributed by atoms with Crippen molar-refractivity contribution in [3.05, 3.63) is 102 Å². The van der Waals surface area contributed by atoms with Crippen molar-refractivity contribution in [2.24, 2.45) is 5.10 Å². The number of hydrazone groups is 1. The molecule has 5 nitrogen and oxygen atoms in total. The number of benzene rings is 3. The highest BCUT2D eigenvalue weighted by Gasteiger charge is 2.17. The van der Waals surface area contributed by atoms with Gasteiger partial charge in [-0.2, -0.15) is 5.10 Å². The smallest absolute Gasteiger partial charge is 0.262 e. The highest BCUT2D eigenvalue weighted by atomic mass is 16.2. The number of hydrogen-bond acceptors (Lipinski definition) is 3. The lowest BCUT2D eigenvalue weighted by atomic mass is 10.0. The van der Waals surface area contributed by atoms with Gasteiger partial charge in [0.1, 0.15) is 6.04 Å². The van der Waals surface area contributed by atoms with Crippen LogP contribution in [0.4, 0.5) is 0 Å². The van der Waals surface area contributed by atoms with Crippen molar-refractivity contribution in [3.63, 3.8) is 0 Å². The second kappa shape index (κ2) is 7.88. The maximum absolute atomic E-state index is 12.8. The fraction of sp³-hybridized carbons (Fsp3) is 0.0870. The number of carbonyl (C=O) groups excluding carboxylic acids is 1. The van der Waals surface area contributed by atoms with Gasteiger partial charge in [0.05, 0.1) is 23.1 Å². The van der Waals surface area contributed by atoms with E-state index in [0.29, 0.717) is 0 Å². The Balaban J connectivity index is 1.62. The Morgan fingerprint density at radius 1 is 0.893 bits per heavy atom. The fourth-order valence-electron chi connectivity index (χ4n) is 3.11. The summed E-state index contributed by atoms with van der Waals surface area (Å²) in [6.07, 6.45) is 1.69. The molecule has 28 heavy (non-hydrogen) atoms. The molecule has 0 bridgehead atoms. The van der Waals surface area contributed by atoms with Gasteiger partial charge in [-0.1, -0.05) is 72.8 Å². The number of fused-ring (bicyclic) bond motifs is 1. The van der Waals surface area contributed by atoms with Gasteiger partial charge in [-0.15, -0.1) is 0 Å². The Hall–Kier alpha value is -3.73. The monoisotopic (exact) mass is 368 g/mol. The first-order chi connectivity index (χ1) is 13.7. The van der Waals surface area contributed by atoms with Crippen LogP contribution in [0, 0.1) is 0 Å². The SMILES string of the molecule is C[C@H](C(=O)NN=C(c1ccccc1)c1ccccc1)n1cnc2ccccc21. The van der Waals surface area contributed by atoms with Gasteiger partial charge in [0.2, 0.25) is 0 Å². The molecule has 0 saturated heterocycles. The summed E-state index contributed by atoms with van der Waals surface area (Å²) >= 11 is 0. The number of rotatable bonds is 5. The van der Waals surface area contributed by atoms with Crippen molar-refractivity contribution < 1.29 is 4.79 Å². The molecule has 0 radical (unpaired) electrons. The van der Waals surface area contributed by atoms with Crippen molar-refractivity contribution in [3.8, 4) is 0 Å². The number of carbonyl (C=O) groups is 1. The summed E-state index contributed by atoms with van der Waals surface area (Å²) in [7, 11) is 0. The third-order valence-electron chi connectivity index (χ3n) is 4.65. The van der Waals surface area contributed by atoms with Gasteiger partial charge in [-0.05, 0) is 19.1 Å². The average Bonchev–Trinajstić information content (AvgIpc) is 3.19. The van der Waals surface area contributed by atoms with E-state index in [-0.39, 0.29) is 5.91 Å². The summed E-state index contributed by atoms with van der Waals surface area (Å²) in [6, 6.07) is 26.9. The minimum Gasteiger partial charge on any atom is -0.318 e. The minimum absolute atomic E-state index is 0.201. The van der Waals surface area contributed by atoms with Crippen LogP contribution >= 0.6 is 0 Å². The first-order valence-corrected chi connectivity index (χ1v) is 9.14. The summed E-state index contributed by atoms with van der Waals surface area (Å²) in [5.74, 6) is -0.201. The molecular weight excluding hydrogens is 348 g/mol.